The first-order valence-corrected chi connectivity index (χ1v) is 11.1. The molecule has 1 aromatic rings. The second-order valence-corrected chi connectivity index (χ2v) is 9.12. The minimum Gasteiger partial charge on any atom is -0.355 e. The number of nitrogens with zero attached hydrogens (tertiary/aromatic N) is 2. The van der Waals surface area contributed by atoms with Crippen molar-refractivity contribution < 1.29 is 18.0 Å². The number of rotatable bonds is 9. The molecule has 0 unspecified atom stereocenters. The van der Waals surface area contributed by atoms with Crippen LogP contribution in [0.5, 0.6) is 0 Å². The quantitative estimate of drug-likeness (QED) is 0.597. The van der Waals surface area contributed by atoms with Crippen LogP contribution in [0.1, 0.15) is 32.6 Å². The van der Waals surface area contributed by atoms with Gasteiger partial charge < -0.3 is 15.5 Å². The highest BCUT2D eigenvalue weighted by molar-refractivity contribution is 7.89. The molecule has 0 radical (unpaired) electrons. The number of carbonyl (C=O) groups excluding carboxylic acids is 2. The molecule has 8 nitrogen and oxygen atoms in total. The van der Waals surface area contributed by atoms with Gasteiger partial charge in [0.15, 0.2) is 0 Å². The molecule has 1 heterocycles. The zero-order valence-electron chi connectivity index (χ0n) is 16.6. The molecule has 0 atom stereocenters. The lowest BCUT2D eigenvalue weighted by Gasteiger charge is -2.26. The summed E-state index contributed by atoms with van der Waals surface area (Å²) in [6.45, 7) is 4.87. The molecule has 0 spiro atoms. The van der Waals surface area contributed by atoms with Gasteiger partial charge in [-0.1, -0.05) is 6.42 Å². The van der Waals surface area contributed by atoms with E-state index in [2.05, 4.69) is 15.5 Å². The number of benzene rings is 1. The van der Waals surface area contributed by atoms with Crippen molar-refractivity contribution in [1.29, 1.82) is 0 Å². The van der Waals surface area contributed by atoms with E-state index in [-0.39, 0.29) is 23.3 Å². The molecule has 2 N–H and O–H groups in total. The first-order valence-electron chi connectivity index (χ1n) is 9.62. The van der Waals surface area contributed by atoms with E-state index in [9.17, 15) is 18.0 Å². The Kier molecular flexibility index (Phi) is 8.40. The molecule has 1 aliphatic heterocycles. The summed E-state index contributed by atoms with van der Waals surface area (Å²) in [4.78, 5) is 25.6. The Hall–Kier alpha value is -1.97. The van der Waals surface area contributed by atoms with Crippen molar-refractivity contribution in [2.45, 2.75) is 37.5 Å². The van der Waals surface area contributed by atoms with E-state index in [0.29, 0.717) is 12.2 Å². The van der Waals surface area contributed by atoms with Crippen LogP contribution in [0.15, 0.2) is 29.2 Å². The van der Waals surface area contributed by atoms with Crippen LogP contribution in [-0.2, 0) is 19.6 Å². The Morgan fingerprint density at radius 3 is 2.36 bits per heavy atom. The van der Waals surface area contributed by atoms with E-state index in [1.54, 1.807) is 0 Å². The van der Waals surface area contributed by atoms with E-state index in [1.807, 2.05) is 0 Å². The predicted octanol–water partition coefficient (Wildman–Crippen LogP) is 1.26. The summed E-state index contributed by atoms with van der Waals surface area (Å²) in [5.41, 5.74) is 0.514. The highest BCUT2D eigenvalue weighted by Gasteiger charge is 2.22. The Bertz CT molecular complexity index is 759. The molecular formula is C19H30N4O4S. The van der Waals surface area contributed by atoms with Crippen LogP contribution in [0.3, 0.4) is 0 Å². The normalized spacial score (nSPS) is 15.4. The maximum absolute atomic E-state index is 12.6. The lowest BCUT2D eigenvalue weighted by molar-refractivity contribution is -0.121. The van der Waals surface area contributed by atoms with Gasteiger partial charge in [-0.25, -0.2) is 8.42 Å². The minimum atomic E-state index is -3.78. The third-order valence-electron chi connectivity index (χ3n) is 4.67. The molecule has 0 aliphatic carbocycles. The molecule has 28 heavy (non-hydrogen) atoms. The van der Waals surface area contributed by atoms with Gasteiger partial charge in [0, 0.05) is 26.2 Å². The van der Waals surface area contributed by atoms with Crippen LogP contribution >= 0.6 is 0 Å². The van der Waals surface area contributed by atoms with Gasteiger partial charge in [-0.15, -0.1) is 0 Å². The minimum absolute atomic E-state index is 0.0713. The molecule has 2 rings (SSSR count). The van der Waals surface area contributed by atoms with Crippen molar-refractivity contribution in [3.63, 3.8) is 0 Å². The van der Waals surface area contributed by atoms with Crippen LogP contribution in [0.2, 0.25) is 0 Å². The summed E-state index contributed by atoms with van der Waals surface area (Å²) in [5.74, 6) is -0.552. The maximum atomic E-state index is 12.6. The van der Waals surface area contributed by atoms with Gasteiger partial charge >= 0.3 is 0 Å². The maximum Gasteiger partial charge on any atom is 0.243 e. The molecule has 156 valence electrons. The van der Waals surface area contributed by atoms with E-state index >= 15 is 0 Å². The SMILES string of the molecule is CC(=O)Nc1ccc(S(=O)(=O)N(C)CC(=O)NCCCN2CCCCC2)cc1. The third-order valence-corrected chi connectivity index (χ3v) is 6.49. The summed E-state index contributed by atoms with van der Waals surface area (Å²) >= 11 is 0. The second kappa shape index (κ2) is 10.5. The number of nitrogens with one attached hydrogen (secondary N) is 2. The summed E-state index contributed by atoms with van der Waals surface area (Å²) in [5, 5.41) is 5.37. The van der Waals surface area contributed by atoms with Crippen molar-refractivity contribution in [3.8, 4) is 0 Å². The van der Waals surface area contributed by atoms with Crippen molar-refractivity contribution in [3.05, 3.63) is 24.3 Å². The Morgan fingerprint density at radius 2 is 1.75 bits per heavy atom. The number of likely N-dealkylation sites (tertiary alicyclic amines) is 1. The van der Waals surface area contributed by atoms with E-state index in [0.717, 1.165) is 30.4 Å². The Morgan fingerprint density at radius 1 is 1.11 bits per heavy atom. The number of hydrogen-bond donors (Lipinski definition) is 2. The van der Waals surface area contributed by atoms with Crippen LogP contribution < -0.4 is 10.6 Å². The van der Waals surface area contributed by atoms with Gasteiger partial charge in [0.1, 0.15) is 0 Å². The fourth-order valence-electron chi connectivity index (χ4n) is 3.15. The molecule has 1 fully saturated rings. The number of piperidine rings is 1. The number of amides is 2. The number of sulfonamides is 1. The van der Waals surface area contributed by atoms with Crippen LogP contribution in [-0.4, -0.2) is 69.2 Å². The summed E-state index contributed by atoms with van der Waals surface area (Å²) in [6, 6.07) is 5.85. The van der Waals surface area contributed by atoms with E-state index in [1.165, 1.54) is 57.5 Å². The molecule has 1 aliphatic rings. The molecular weight excluding hydrogens is 380 g/mol. The van der Waals surface area contributed by atoms with Crippen LogP contribution in [0, 0.1) is 0 Å². The van der Waals surface area contributed by atoms with Gasteiger partial charge in [-0.05, 0) is 63.2 Å². The number of anilines is 1. The van der Waals surface area contributed by atoms with Crippen molar-refractivity contribution >= 4 is 27.5 Å². The summed E-state index contributed by atoms with van der Waals surface area (Å²) in [7, 11) is -2.40. The molecule has 0 aromatic heterocycles. The second-order valence-electron chi connectivity index (χ2n) is 7.07. The van der Waals surface area contributed by atoms with Crippen LogP contribution in [0.25, 0.3) is 0 Å². The zero-order valence-corrected chi connectivity index (χ0v) is 17.4. The van der Waals surface area contributed by atoms with Crippen LogP contribution in [0.4, 0.5) is 5.69 Å². The lowest BCUT2D eigenvalue weighted by atomic mass is 10.1. The molecule has 1 saturated heterocycles. The van der Waals surface area contributed by atoms with E-state index in [4.69, 9.17) is 0 Å². The number of hydrogen-bond acceptors (Lipinski definition) is 5. The smallest absolute Gasteiger partial charge is 0.243 e. The summed E-state index contributed by atoms with van der Waals surface area (Å²) < 4.78 is 26.2. The summed E-state index contributed by atoms with van der Waals surface area (Å²) in [6.07, 6.45) is 4.62. The molecule has 2 amide bonds. The zero-order chi connectivity index (χ0) is 20.6. The molecule has 0 bridgehead atoms. The lowest BCUT2D eigenvalue weighted by Crippen LogP contribution is -2.39. The van der Waals surface area contributed by atoms with Gasteiger partial charge in [0.25, 0.3) is 0 Å². The molecule has 9 heteroatoms. The fourth-order valence-corrected chi connectivity index (χ4v) is 4.28. The Balaban J connectivity index is 1.78. The molecule has 1 aromatic carbocycles. The highest BCUT2D eigenvalue weighted by atomic mass is 32.2. The predicted molar refractivity (Wildman–Crippen MR) is 108 cm³/mol. The van der Waals surface area contributed by atoms with Gasteiger partial charge in [0.05, 0.1) is 11.4 Å². The van der Waals surface area contributed by atoms with E-state index < -0.39 is 10.0 Å². The topological polar surface area (TPSA) is 98.8 Å². The average molecular weight is 411 g/mol. The number of carbonyl (C=O) groups is 2. The monoisotopic (exact) mass is 410 g/mol. The van der Waals surface area contributed by atoms with Crippen molar-refractivity contribution in [2.24, 2.45) is 0 Å². The average Bonchev–Trinajstić information content (AvgIpc) is 2.66. The highest BCUT2D eigenvalue weighted by Crippen LogP contribution is 2.17. The number of likely N-dealkylation sites (N-methyl/N-ethyl adjacent to an activating group) is 1. The molecule has 0 saturated carbocycles. The van der Waals surface area contributed by atoms with Crippen molar-refractivity contribution in [2.75, 3.05) is 45.1 Å². The fraction of sp³-hybridized carbons (Fsp3) is 0.579. The van der Waals surface area contributed by atoms with Gasteiger partial charge in [-0.3, -0.25) is 9.59 Å². The first-order chi connectivity index (χ1) is 13.3. The third kappa shape index (κ3) is 6.88. The van der Waals surface area contributed by atoms with Gasteiger partial charge in [0.2, 0.25) is 21.8 Å². The largest absolute Gasteiger partial charge is 0.355 e. The van der Waals surface area contributed by atoms with Crippen molar-refractivity contribution in [1.82, 2.24) is 14.5 Å². The first kappa shape index (κ1) is 22.3. The standard InChI is InChI=1S/C19H30N4O4S/c1-16(24)21-17-7-9-18(10-8-17)28(26,27)22(2)15-19(25)20-11-6-14-23-12-4-3-5-13-23/h7-10H,3-6,11-15H2,1-2H3,(H,20,25)(H,21,24). The Labute approximate surface area is 167 Å². The van der Waals surface area contributed by atoms with Gasteiger partial charge in [-0.2, -0.15) is 4.31 Å².